The van der Waals surface area contributed by atoms with Crippen molar-refractivity contribution in [1.82, 2.24) is 9.88 Å². The molecule has 2 heterocycles. The molecule has 152 valence electrons. The molecule has 0 aliphatic carbocycles. The van der Waals surface area contributed by atoms with E-state index in [1.165, 1.54) is 18.9 Å². The van der Waals surface area contributed by atoms with Gasteiger partial charge < -0.3 is 19.1 Å². The second kappa shape index (κ2) is 9.16. The highest BCUT2D eigenvalue weighted by Crippen LogP contribution is 2.44. The molecule has 2 aromatic rings. The predicted molar refractivity (Wildman–Crippen MR) is 110 cm³/mol. The highest BCUT2D eigenvalue weighted by atomic mass is 32.2. The van der Waals surface area contributed by atoms with Gasteiger partial charge in [-0.25, -0.2) is 4.98 Å². The summed E-state index contributed by atoms with van der Waals surface area (Å²) in [4.78, 5) is 18.6. The van der Waals surface area contributed by atoms with Crippen molar-refractivity contribution in [1.29, 1.82) is 5.26 Å². The lowest BCUT2D eigenvalue weighted by Crippen LogP contribution is -2.28. The highest BCUT2D eigenvalue weighted by Gasteiger charge is 2.27. The molecule has 1 aliphatic heterocycles. The van der Waals surface area contributed by atoms with E-state index in [-0.39, 0.29) is 11.7 Å². The fourth-order valence-electron chi connectivity index (χ4n) is 3.45. The lowest BCUT2D eigenvalue weighted by molar-refractivity contribution is -0.137. The summed E-state index contributed by atoms with van der Waals surface area (Å²) in [6.45, 7) is 1.55. The van der Waals surface area contributed by atoms with Gasteiger partial charge in [0.25, 0.3) is 0 Å². The van der Waals surface area contributed by atoms with E-state index < -0.39 is 0 Å². The zero-order chi connectivity index (χ0) is 21.0. The first-order chi connectivity index (χ1) is 14.0. The topological polar surface area (TPSA) is 84.7 Å². The Morgan fingerprint density at radius 1 is 1.31 bits per heavy atom. The van der Waals surface area contributed by atoms with Crippen LogP contribution >= 0.6 is 11.8 Å². The minimum atomic E-state index is -0.362. The zero-order valence-electron chi connectivity index (χ0n) is 16.9. The number of rotatable bonds is 6. The van der Waals surface area contributed by atoms with Crippen LogP contribution in [0.3, 0.4) is 0 Å². The van der Waals surface area contributed by atoms with Crippen LogP contribution in [-0.4, -0.2) is 56.5 Å². The summed E-state index contributed by atoms with van der Waals surface area (Å²) in [7, 11) is 6.55. The van der Waals surface area contributed by atoms with Crippen LogP contribution in [0.2, 0.25) is 0 Å². The number of pyridine rings is 1. The lowest BCUT2D eigenvalue weighted by Gasteiger charge is -2.28. The van der Waals surface area contributed by atoms with Gasteiger partial charge in [-0.2, -0.15) is 5.26 Å². The number of ether oxygens (including phenoxy) is 3. The molecular formula is C21H23N3O4S. The third-order valence-corrected chi connectivity index (χ3v) is 5.80. The van der Waals surface area contributed by atoms with Crippen molar-refractivity contribution >= 4 is 17.7 Å². The largest absolute Gasteiger partial charge is 0.493 e. The number of carbonyl (C=O) groups excluding carboxylic acids is 1. The molecule has 0 fully saturated rings. The van der Waals surface area contributed by atoms with E-state index in [2.05, 4.69) is 11.0 Å². The van der Waals surface area contributed by atoms with Crippen LogP contribution in [0.5, 0.6) is 11.5 Å². The maximum Gasteiger partial charge on any atom is 0.316 e. The number of carbonyl (C=O) groups is 1. The van der Waals surface area contributed by atoms with Crippen LogP contribution in [0.25, 0.3) is 11.1 Å². The number of methoxy groups -OCH3 is 3. The van der Waals surface area contributed by atoms with Gasteiger partial charge in [-0.05, 0) is 18.7 Å². The molecule has 29 heavy (non-hydrogen) atoms. The Bertz CT molecular complexity index is 971. The van der Waals surface area contributed by atoms with E-state index in [1.807, 2.05) is 25.2 Å². The van der Waals surface area contributed by atoms with Gasteiger partial charge in [0.15, 0.2) is 11.5 Å². The lowest BCUT2D eigenvalue weighted by atomic mass is 9.91. The Morgan fingerprint density at radius 2 is 2.10 bits per heavy atom. The molecule has 0 amide bonds. The Labute approximate surface area is 174 Å². The minimum Gasteiger partial charge on any atom is -0.493 e. The number of thioether (sulfide) groups is 1. The van der Waals surface area contributed by atoms with Gasteiger partial charge in [0, 0.05) is 36.3 Å². The van der Waals surface area contributed by atoms with Crippen LogP contribution in [0.1, 0.15) is 16.8 Å². The van der Waals surface area contributed by atoms with Gasteiger partial charge in [-0.15, -0.1) is 0 Å². The minimum absolute atomic E-state index is 0.0888. The monoisotopic (exact) mass is 413 g/mol. The second-order valence-corrected chi connectivity index (χ2v) is 7.56. The van der Waals surface area contributed by atoms with Gasteiger partial charge in [0.05, 0.1) is 32.6 Å². The fraction of sp³-hybridized carbons (Fsp3) is 0.381. The number of hydrogen-bond donors (Lipinski definition) is 0. The summed E-state index contributed by atoms with van der Waals surface area (Å²) >= 11 is 1.22. The standard InChI is InChI=1S/C21H23N3O4S/c1-24-9-8-16-15(11-24)19(13-6-5-7-17(26-2)20(13)28-4)14(10-22)21(23-16)29-12-18(25)27-3/h5-7H,8-9,11-12H2,1-4H3. The second-order valence-electron chi connectivity index (χ2n) is 6.60. The van der Waals surface area contributed by atoms with Gasteiger partial charge in [0.2, 0.25) is 0 Å². The Balaban J connectivity index is 2.27. The number of benzene rings is 1. The summed E-state index contributed by atoms with van der Waals surface area (Å²) < 4.78 is 15.8. The average molecular weight is 413 g/mol. The van der Waals surface area contributed by atoms with E-state index in [9.17, 15) is 10.1 Å². The Kier molecular flexibility index (Phi) is 6.62. The Hall–Kier alpha value is -2.76. The molecule has 1 aromatic carbocycles. The molecule has 1 aliphatic rings. The Morgan fingerprint density at radius 3 is 2.76 bits per heavy atom. The molecule has 0 N–H and O–H groups in total. The van der Waals surface area contributed by atoms with E-state index in [0.717, 1.165) is 35.3 Å². The van der Waals surface area contributed by atoms with Crippen LogP contribution in [0.15, 0.2) is 23.2 Å². The molecule has 0 spiro atoms. The van der Waals surface area contributed by atoms with Crippen molar-refractivity contribution in [3.8, 4) is 28.7 Å². The van der Waals surface area contributed by atoms with Crippen molar-refractivity contribution in [2.24, 2.45) is 0 Å². The summed E-state index contributed by atoms with van der Waals surface area (Å²) in [5.41, 5.74) is 3.93. The van der Waals surface area contributed by atoms with E-state index >= 15 is 0 Å². The van der Waals surface area contributed by atoms with Gasteiger partial charge in [0.1, 0.15) is 11.1 Å². The number of nitriles is 1. The zero-order valence-corrected chi connectivity index (χ0v) is 17.8. The third kappa shape index (κ3) is 4.16. The van der Waals surface area contributed by atoms with Crippen molar-refractivity contribution in [3.05, 3.63) is 35.0 Å². The molecule has 0 atom stereocenters. The van der Waals surface area contributed by atoms with Crippen LogP contribution < -0.4 is 9.47 Å². The van der Waals surface area contributed by atoms with Crippen molar-refractivity contribution in [2.45, 2.75) is 18.0 Å². The predicted octanol–water partition coefficient (Wildman–Crippen LogP) is 2.89. The van der Waals surface area contributed by atoms with Crippen LogP contribution in [0.4, 0.5) is 0 Å². The summed E-state index contributed by atoms with van der Waals surface area (Å²) in [6, 6.07) is 7.92. The van der Waals surface area contributed by atoms with E-state index in [4.69, 9.17) is 19.2 Å². The normalized spacial score (nSPS) is 13.3. The molecule has 0 radical (unpaired) electrons. The van der Waals surface area contributed by atoms with Crippen LogP contribution in [-0.2, 0) is 22.5 Å². The number of para-hydroxylation sites is 1. The quantitative estimate of drug-likeness (QED) is 0.528. The average Bonchev–Trinajstić information content (AvgIpc) is 2.75. The summed E-state index contributed by atoms with van der Waals surface area (Å²) in [6.07, 6.45) is 0.766. The summed E-state index contributed by atoms with van der Waals surface area (Å²) in [5, 5.41) is 10.6. The fourth-order valence-corrected chi connectivity index (χ4v) is 4.29. The van der Waals surface area contributed by atoms with E-state index in [0.29, 0.717) is 28.6 Å². The molecule has 7 nitrogen and oxygen atoms in total. The number of fused-ring (bicyclic) bond motifs is 1. The highest BCUT2D eigenvalue weighted by molar-refractivity contribution is 7.99. The van der Waals surface area contributed by atoms with Crippen molar-refractivity contribution in [3.63, 3.8) is 0 Å². The SMILES string of the molecule is COC(=O)CSc1nc2c(c(-c3cccc(OC)c3OC)c1C#N)CN(C)CC2. The third-order valence-electron chi connectivity index (χ3n) is 4.85. The first kappa shape index (κ1) is 21.0. The van der Waals surface area contributed by atoms with Gasteiger partial charge >= 0.3 is 5.97 Å². The van der Waals surface area contributed by atoms with Crippen molar-refractivity contribution < 1.29 is 19.0 Å². The number of esters is 1. The molecule has 8 heteroatoms. The van der Waals surface area contributed by atoms with E-state index in [1.54, 1.807) is 14.2 Å². The number of likely N-dealkylation sites (N-methyl/N-ethyl adjacent to an activating group) is 1. The molecule has 0 bridgehead atoms. The first-order valence-electron chi connectivity index (χ1n) is 9.09. The molecular weight excluding hydrogens is 390 g/mol. The van der Waals surface area contributed by atoms with Crippen molar-refractivity contribution in [2.75, 3.05) is 40.7 Å². The first-order valence-corrected chi connectivity index (χ1v) is 10.1. The van der Waals surface area contributed by atoms with Crippen LogP contribution in [0, 0.1) is 11.3 Å². The number of nitrogens with zero attached hydrogens (tertiary/aromatic N) is 3. The molecule has 1 aromatic heterocycles. The summed E-state index contributed by atoms with van der Waals surface area (Å²) in [5.74, 6) is 0.883. The number of aromatic nitrogens is 1. The smallest absolute Gasteiger partial charge is 0.316 e. The molecule has 0 unspecified atom stereocenters. The number of hydrogen-bond acceptors (Lipinski definition) is 8. The maximum absolute atomic E-state index is 11.7. The molecule has 0 saturated heterocycles. The maximum atomic E-state index is 11.7. The van der Waals surface area contributed by atoms with Gasteiger partial charge in [-0.1, -0.05) is 23.9 Å². The molecule has 0 saturated carbocycles. The molecule has 3 rings (SSSR count). The van der Waals surface area contributed by atoms with Gasteiger partial charge in [-0.3, -0.25) is 4.79 Å².